The zero-order chi connectivity index (χ0) is 25.0. The van der Waals surface area contributed by atoms with E-state index < -0.39 is 29.7 Å². The van der Waals surface area contributed by atoms with Crippen molar-refractivity contribution in [1.82, 2.24) is 10.3 Å². The molecule has 1 atom stereocenters. The zero-order valence-electron chi connectivity index (χ0n) is 19.6. The van der Waals surface area contributed by atoms with Gasteiger partial charge in [0, 0.05) is 12.5 Å². The first-order valence-corrected chi connectivity index (χ1v) is 11.5. The number of amides is 1. The lowest BCUT2D eigenvalue weighted by molar-refractivity contribution is -0.136. The van der Waals surface area contributed by atoms with E-state index in [1.54, 1.807) is 40.7 Å². The minimum absolute atomic E-state index is 0.0604. The maximum atomic E-state index is 14.0. The first-order valence-electron chi connectivity index (χ1n) is 10.7. The molecule has 1 unspecified atom stereocenters. The highest BCUT2D eigenvalue weighted by Crippen LogP contribution is 2.43. The number of unbranched alkanes of at least 4 members (excludes halogenated alkanes) is 1. The number of alkyl halides is 3. The van der Waals surface area contributed by atoms with Crippen molar-refractivity contribution in [3.8, 4) is 11.6 Å². The monoisotopic (exact) mass is 534 g/mol. The Morgan fingerprint density at radius 2 is 1.85 bits per heavy atom. The van der Waals surface area contributed by atoms with Gasteiger partial charge in [0.25, 0.3) is 0 Å². The first-order chi connectivity index (χ1) is 15.2. The number of alkyl carbamates (subject to hydrolysis) is 1. The SMILES string of the molecule is CCCCC(NC(=O)OC(C)(C)C)Oc1c(Br)ccc2nc(OC(C)C)cc(C(F)(F)F)c12. The summed E-state index contributed by atoms with van der Waals surface area (Å²) in [5.74, 6) is -0.201. The quantitative estimate of drug-likeness (QED) is 0.362. The molecule has 6 nitrogen and oxygen atoms in total. The topological polar surface area (TPSA) is 69.7 Å². The molecule has 1 aromatic heterocycles. The Morgan fingerprint density at radius 1 is 1.18 bits per heavy atom. The van der Waals surface area contributed by atoms with Crippen LogP contribution in [0.4, 0.5) is 18.0 Å². The van der Waals surface area contributed by atoms with Crippen LogP contribution in [0.1, 0.15) is 66.4 Å². The van der Waals surface area contributed by atoms with E-state index in [4.69, 9.17) is 14.2 Å². The Balaban J connectivity index is 2.55. The minimum atomic E-state index is -4.69. The number of rotatable bonds is 8. The Labute approximate surface area is 200 Å². The van der Waals surface area contributed by atoms with E-state index in [2.05, 4.69) is 26.2 Å². The lowest BCUT2D eigenvalue weighted by Crippen LogP contribution is -2.42. The minimum Gasteiger partial charge on any atom is -0.475 e. The van der Waals surface area contributed by atoms with Crippen LogP contribution in [0.25, 0.3) is 10.9 Å². The third-order valence-corrected chi connectivity index (χ3v) is 4.90. The van der Waals surface area contributed by atoms with Crippen LogP contribution in [0.2, 0.25) is 0 Å². The number of aromatic nitrogens is 1. The molecule has 0 spiro atoms. The largest absolute Gasteiger partial charge is 0.475 e. The summed E-state index contributed by atoms with van der Waals surface area (Å²) in [6.45, 7) is 10.5. The smallest absolute Gasteiger partial charge is 0.417 e. The molecule has 1 N–H and O–H groups in total. The summed E-state index contributed by atoms with van der Waals surface area (Å²) in [4.78, 5) is 16.5. The van der Waals surface area contributed by atoms with Gasteiger partial charge < -0.3 is 14.2 Å². The van der Waals surface area contributed by atoms with Crippen LogP contribution in [0.3, 0.4) is 0 Å². The lowest BCUT2D eigenvalue weighted by Gasteiger charge is -2.26. The highest BCUT2D eigenvalue weighted by atomic mass is 79.9. The maximum absolute atomic E-state index is 14.0. The van der Waals surface area contributed by atoms with Crippen LogP contribution in [-0.2, 0) is 10.9 Å². The fourth-order valence-corrected chi connectivity index (χ4v) is 3.44. The fraction of sp³-hybridized carbons (Fsp3) is 0.565. The van der Waals surface area contributed by atoms with E-state index >= 15 is 0 Å². The summed E-state index contributed by atoms with van der Waals surface area (Å²) in [6, 6.07) is 3.87. The fourth-order valence-electron chi connectivity index (χ4n) is 3.02. The molecule has 0 aliphatic carbocycles. The molecule has 184 valence electrons. The number of fused-ring (bicyclic) bond motifs is 1. The van der Waals surface area contributed by atoms with Gasteiger partial charge in [0.1, 0.15) is 11.4 Å². The second-order valence-electron chi connectivity index (χ2n) is 8.84. The van der Waals surface area contributed by atoms with Gasteiger partial charge in [0.05, 0.1) is 27.0 Å². The van der Waals surface area contributed by atoms with E-state index in [0.717, 1.165) is 12.5 Å². The summed E-state index contributed by atoms with van der Waals surface area (Å²) in [6.07, 6.45) is -4.80. The van der Waals surface area contributed by atoms with Crippen molar-refractivity contribution in [3.05, 3.63) is 28.2 Å². The first kappa shape index (κ1) is 27.0. The second-order valence-corrected chi connectivity index (χ2v) is 9.69. The van der Waals surface area contributed by atoms with Crippen LogP contribution < -0.4 is 14.8 Å². The van der Waals surface area contributed by atoms with E-state index in [9.17, 15) is 18.0 Å². The third-order valence-electron chi connectivity index (χ3n) is 4.27. The van der Waals surface area contributed by atoms with E-state index in [1.807, 2.05) is 6.92 Å². The molecule has 33 heavy (non-hydrogen) atoms. The van der Waals surface area contributed by atoms with Crippen molar-refractivity contribution >= 4 is 32.9 Å². The predicted octanol–water partition coefficient (Wildman–Crippen LogP) is 7.22. The molecule has 10 heteroatoms. The van der Waals surface area contributed by atoms with Gasteiger partial charge in [-0.15, -0.1) is 0 Å². The Hall–Kier alpha value is -2.23. The summed E-state index contributed by atoms with van der Waals surface area (Å²) in [5, 5.41) is 2.39. The van der Waals surface area contributed by atoms with Gasteiger partial charge >= 0.3 is 12.3 Å². The number of hydrogen-bond donors (Lipinski definition) is 1. The van der Waals surface area contributed by atoms with Crippen LogP contribution >= 0.6 is 15.9 Å². The van der Waals surface area contributed by atoms with Crippen molar-refractivity contribution in [1.29, 1.82) is 0 Å². The molecule has 0 bridgehead atoms. The number of hydrogen-bond acceptors (Lipinski definition) is 5. The highest BCUT2D eigenvalue weighted by Gasteiger charge is 2.36. The molecule has 1 amide bonds. The van der Waals surface area contributed by atoms with E-state index in [-0.39, 0.29) is 28.6 Å². The number of halogens is 4. The molecule has 0 fully saturated rings. The zero-order valence-corrected chi connectivity index (χ0v) is 21.2. The number of ether oxygens (including phenoxy) is 3. The van der Waals surface area contributed by atoms with Crippen LogP contribution in [0.5, 0.6) is 11.6 Å². The normalized spacial score (nSPS) is 13.2. The predicted molar refractivity (Wildman–Crippen MR) is 124 cm³/mol. The molecular formula is C23H30BrF3N2O4. The second kappa shape index (κ2) is 10.8. The summed E-state index contributed by atoms with van der Waals surface area (Å²) >= 11 is 3.29. The molecule has 2 rings (SSSR count). The van der Waals surface area contributed by atoms with Crippen LogP contribution in [0.15, 0.2) is 22.7 Å². The highest BCUT2D eigenvalue weighted by molar-refractivity contribution is 9.10. The number of carbonyl (C=O) groups is 1. The molecule has 0 aliphatic rings. The van der Waals surface area contributed by atoms with Gasteiger partial charge in [0.15, 0.2) is 6.23 Å². The number of benzene rings is 1. The van der Waals surface area contributed by atoms with Crippen LogP contribution in [-0.4, -0.2) is 29.0 Å². The summed E-state index contributed by atoms with van der Waals surface area (Å²) in [7, 11) is 0. The summed E-state index contributed by atoms with van der Waals surface area (Å²) in [5.41, 5.74) is -1.62. The molecule has 0 aliphatic heterocycles. The average molecular weight is 535 g/mol. The van der Waals surface area contributed by atoms with Crippen molar-refractivity contribution in [2.45, 2.75) is 84.9 Å². The van der Waals surface area contributed by atoms with Crippen molar-refractivity contribution in [2.24, 2.45) is 0 Å². The van der Waals surface area contributed by atoms with Crippen molar-refractivity contribution in [3.63, 3.8) is 0 Å². The Kier molecular flexibility index (Phi) is 8.84. The number of nitrogens with one attached hydrogen (secondary N) is 1. The van der Waals surface area contributed by atoms with Crippen molar-refractivity contribution < 1.29 is 32.2 Å². The Bertz CT molecular complexity index is 975. The third kappa shape index (κ3) is 7.94. The average Bonchev–Trinajstić information content (AvgIpc) is 2.64. The molecule has 2 aromatic rings. The molecule has 0 saturated carbocycles. The van der Waals surface area contributed by atoms with Gasteiger partial charge in [-0.3, -0.25) is 5.32 Å². The Morgan fingerprint density at radius 3 is 2.39 bits per heavy atom. The lowest BCUT2D eigenvalue weighted by atomic mass is 10.1. The van der Waals surface area contributed by atoms with Crippen LogP contribution in [0, 0.1) is 0 Å². The van der Waals surface area contributed by atoms with Gasteiger partial charge in [-0.25, -0.2) is 9.78 Å². The van der Waals surface area contributed by atoms with Crippen molar-refractivity contribution in [2.75, 3.05) is 0 Å². The molecule has 0 radical (unpaired) electrons. The molecular weight excluding hydrogens is 505 g/mol. The summed E-state index contributed by atoms with van der Waals surface area (Å²) < 4.78 is 59.1. The number of carbonyl (C=O) groups excluding carboxylic acids is 1. The van der Waals surface area contributed by atoms with E-state index in [1.165, 1.54) is 6.07 Å². The van der Waals surface area contributed by atoms with Gasteiger partial charge in [-0.1, -0.05) is 13.3 Å². The van der Waals surface area contributed by atoms with Gasteiger partial charge in [0.2, 0.25) is 5.88 Å². The number of pyridine rings is 1. The van der Waals surface area contributed by atoms with Gasteiger partial charge in [-0.05, 0) is 69.1 Å². The molecule has 1 heterocycles. The maximum Gasteiger partial charge on any atom is 0.417 e. The molecule has 1 aromatic carbocycles. The number of nitrogens with zero attached hydrogens (tertiary/aromatic N) is 1. The van der Waals surface area contributed by atoms with E-state index in [0.29, 0.717) is 17.3 Å². The molecule has 0 saturated heterocycles. The standard InChI is InChI=1S/C23H30BrF3N2O4/c1-7-8-9-17(29-21(30)33-22(4,5)6)32-20-15(24)10-11-16-19(20)14(23(25,26)27)12-18(28-16)31-13(2)3/h10-13,17H,7-9H2,1-6H3,(H,29,30). The van der Waals surface area contributed by atoms with Gasteiger partial charge in [-0.2, -0.15) is 13.2 Å².